The molecule has 0 amide bonds. The summed E-state index contributed by atoms with van der Waals surface area (Å²) in [5.41, 5.74) is 0. The second kappa shape index (κ2) is 4.47. The molecule has 0 aromatic rings. The normalized spacial score (nSPS) is 20.0. The van der Waals surface area contributed by atoms with Crippen molar-refractivity contribution in [1.82, 2.24) is 5.32 Å². The zero-order valence-electron chi connectivity index (χ0n) is 4.03. The van der Waals surface area contributed by atoms with Gasteiger partial charge in [0.05, 0.1) is 0 Å². The molecule has 0 spiro atoms. The Balaban J connectivity index is 0.000000250. The first kappa shape index (κ1) is 7.31. The van der Waals surface area contributed by atoms with Gasteiger partial charge in [-0.3, -0.25) is 0 Å². The Bertz CT molecular complexity index is 22.4. The molecular weight excluding hydrogens is 105 g/mol. The second-order valence-electron chi connectivity index (χ2n) is 1.05. The predicted octanol–water partition coefficient (Wildman–Crippen LogP) is -0.100. The van der Waals surface area contributed by atoms with Gasteiger partial charge in [0, 0.05) is 47.7 Å². The first-order valence-corrected chi connectivity index (χ1v) is 2.94. The van der Waals surface area contributed by atoms with E-state index in [1.807, 2.05) is 11.8 Å². The molecule has 1 heterocycles. The van der Waals surface area contributed by atoms with Crippen LogP contribution in [0.4, 0.5) is 0 Å². The number of hydrogen-bond acceptors (Lipinski definition) is 2. The van der Waals surface area contributed by atoms with Crippen molar-refractivity contribution >= 4 is 41.3 Å². The fourth-order valence-corrected chi connectivity index (χ4v) is 1.08. The maximum absolute atomic E-state index is 3.19. The molecule has 0 saturated carbocycles. The molecule has 1 radical (unpaired) electrons. The molecule has 31 valence electrons. The third kappa shape index (κ3) is 2.48. The van der Waals surface area contributed by atoms with Crippen LogP contribution in [0.15, 0.2) is 0 Å². The van der Waals surface area contributed by atoms with Crippen molar-refractivity contribution in [3.8, 4) is 0 Å². The van der Waals surface area contributed by atoms with Crippen molar-refractivity contribution in [1.29, 1.82) is 0 Å². The average molecular weight is 112 g/mol. The van der Waals surface area contributed by atoms with Crippen molar-refractivity contribution in [3.63, 3.8) is 0 Å². The maximum atomic E-state index is 3.19. The van der Waals surface area contributed by atoms with Crippen molar-refractivity contribution in [2.24, 2.45) is 0 Å². The van der Waals surface area contributed by atoms with E-state index in [2.05, 4.69) is 5.32 Å². The van der Waals surface area contributed by atoms with Gasteiger partial charge in [-0.2, -0.15) is 0 Å². The molecule has 0 bridgehead atoms. The van der Waals surface area contributed by atoms with Crippen molar-refractivity contribution in [2.75, 3.05) is 18.2 Å². The molecule has 1 nitrogen and oxygen atoms in total. The molecule has 0 aromatic carbocycles. The first-order chi connectivity index (χ1) is 2.50. The Labute approximate surface area is 64.5 Å². The van der Waals surface area contributed by atoms with Gasteiger partial charge >= 0.3 is 0 Å². The Morgan fingerprint density at radius 2 is 2.33 bits per heavy atom. The summed E-state index contributed by atoms with van der Waals surface area (Å²) in [7, 11) is 0. The fourth-order valence-electron chi connectivity index (χ4n) is 0.361. The van der Waals surface area contributed by atoms with E-state index in [-0.39, 0.29) is 29.6 Å². The van der Waals surface area contributed by atoms with Crippen LogP contribution in [-0.4, -0.2) is 47.7 Å². The molecule has 1 aliphatic rings. The summed E-state index contributed by atoms with van der Waals surface area (Å²) < 4.78 is 0. The monoisotopic (exact) mass is 112 g/mol. The third-order valence-electron chi connectivity index (χ3n) is 0.627. The summed E-state index contributed by atoms with van der Waals surface area (Å²) in [6.07, 6.45) is 0. The summed E-state index contributed by atoms with van der Waals surface area (Å²) in [4.78, 5) is 0. The van der Waals surface area contributed by atoms with Crippen LogP contribution in [0.1, 0.15) is 0 Å². The van der Waals surface area contributed by atoms with E-state index in [0.717, 1.165) is 0 Å². The second-order valence-corrected chi connectivity index (χ2v) is 2.16. The third-order valence-corrected chi connectivity index (χ3v) is 1.53. The van der Waals surface area contributed by atoms with Gasteiger partial charge in [0.15, 0.2) is 0 Å². The molecule has 1 saturated heterocycles. The molecule has 6 heavy (non-hydrogen) atoms. The zero-order chi connectivity index (χ0) is 3.54. The largest absolute Gasteiger partial charge is 0.307 e. The van der Waals surface area contributed by atoms with Gasteiger partial charge in [-0.05, 0) is 0 Å². The minimum Gasteiger partial charge on any atom is -0.307 e. The van der Waals surface area contributed by atoms with Gasteiger partial charge in [-0.25, -0.2) is 0 Å². The quantitative estimate of drug-likeness (QED) is 0.439. The molecule has 1 aliphatic heterocycles. The van der Waals surface area contributed by atoms with E-state index in [4.69, 9.17) is 0 Å². The van der Waals surface area contributed by atoms with E-state index in [1.165, 1.54) is 18.2 Å². The minimum atomic E-state index is 0. The Hall–Kier alpha value is 1.31. The molecule has 1 rings (SSSR count). The summed E-state index contributed by atoms with van der Waals surface area (Å²) in [6.45, 7) is 1.21. The molecule has 1 N–H and O–H groups in total. The summed E-state index contributed by atoms with van der Waals surface area (Å²) in [5.74, 6) is 2.47. The van der Waals surface area contributed by atoms with Crippen LogP contribution in [0.5, 0.6) is 0 Å². The number of rotatable bonds is 0. The van der Waals surface area contributed by atoms with Crippen LogP contribution in [0, 0.1) is 0 Å². The Morgan fingerprint density at radius 1 is 1.50 bits per heavy atom. The molecule has 0 aromatic heterocycles. The predicted molar refractivity (Wildman–Crippen MR) is 31.1 cm³/mol. The van der Waals surface area contributed by atoms with Crippen LogP contribution in [0.2, 0.25) is 0 Å². The first-order valence-electron chi connectivity index (χ1n) is 1.78. The number of hydrogen-bond donors (Lipinski definition) is 1. The van der Waals surface area contributed by atoms with Gasteiger partial charge in [-0.15, -0.1) is 11.8 Å². The van der Waals surface area contributed by atoms with Crippen molar-refractivity contribution in [2.45, 2.75) is 0 Å². The van der Waals surface area contributed by atoms with E-state index < -0.39 is 0 Å². The van der Waals surface area contributed by atoms with Crippen molar-refractivity contribution in [3.05, 3.63) is 0 Å². The van der Waals surface area contributed by atoms with Gasteiger partial charge in [0.1, 0.15) is 0 Å². The van der Waals surface area contributed by atoms with Gasteiger partial charge in [0.2, 0.25) is 0 Å². The molecule has 0 atom stereocenters. The molecule has 0 aliphatic carbocycles. The van der Waals surface area contributed by atoms with Crippen LogP contribution in [0.3, 0.4) is 0 Å². The van der Waals surface area contributed by atoms with Gasteiger partial charge in [-0.1, -0.05) is 0 Å². The topological polar surface area (TPSA) is 12.0 Å². The summed E-state index contributed by atoms with van der Waals surface area (Å²) >= 11 is 1.96. The van der Waals surface area contributed by atoms with Crippen molar-refractivity contribution < 1.29 is 0 Å². The molecule has 1 fully saturated rings. The maximum Gasteiger partial charge on any atom is 0.0418 e. The van der Waals surface area contributed by atoms with Crippen LogP contribution < -0.4 is 5.32 Å². The van der Waals surface area contributed by atoms with E-state index in [9.17, 15) is 0 Å². The minimum absolute atomic E-state index is 0. The number of nitrogens with one attached hydrogen (secondary N) is 1. The molecule has 3 heteroatoms. The van der Waals surface area contributed by atoms with Crippen LogP contribution in [0.25, 0.3) is 0 Å². The van der Waals surface area contributed by atoms with Gasteiger partial charge in [0.25, 0.3) is 0 Å². The molecular formula is C3H7NNaS. The van der Waals surface area contributed by atoms with E-state index in [0.29, 0.717) is 0 Å². The average Bonchev–Trinajstić information content (AvgIpc) is 1.76. The van der Waals surface area contributed by atoms with E-state index in [1.54, 1.807) is 0 Å². The van der Waals surface area contributed by atoms with Gasteiger partial charge < -0.3 is 5.32 Å². The smallest absolute Gasteiger partial charge is 0.0418 e. The Morgan fingerprint density at radius 3 is 2.50 bits per heavy atom. The summed E-state index contributed by atoms with van der Waals surface area (Å²) in [6, 6.07) is 0. The zero-order valence-corrected chi connectivity index (χ0v) is 6.85. The SMILES string of the molecule is C1CSCN1.[Na]. The fraction of sp³-hybridized carbons (Fsp3) is 1.00. The summed E-state index contributed by atoms with van der Waals surface area (Å²) in [5, 5.41) is 3.19. The standard InChI is InChI=1S/C3H7NS.Na/c1-2-5-3-4-1;/h4H,1-3H2;. The van der Waals surface area contributed by atoms with E-state index >= 15 is 0 Å². The Kier molecular flexibility index (Phi) is 5.44. The van der Waals surface area contributed by atoms with Crippen LogP contribution in [-0.2, 0) is 0 Å². The van der Waals surface area contributed by atoms with Crippen LogP contribution >= 0.6 is 11.8 Å². The molecule has 0 unspecified atom stereocenters. The number of thioether (sulfide) groups is 1.